The molecule has 1 aliphatic heterocycles. The number of nitrogens with zero attached hydrogens (tertiary/aromatic N) is 2. The Labute approximate surface area is 88.9 Å². The van der Waals surface area contributed by atoms with Crippen molar-refractivity contribution in [2.45, 2.75) is 32.2 Å². The van der Waals surface area contributed by atoms with E-state index in [0.717, 1.165) is 16.6 Å². The van der Waals surface area contributed by atoms with Gasteiger partial charge in [0.25, 0.3) is 0 Å². The monoisotopic (exact) mass is 211 g/mol. The lowest BCUT2D eigenvalue weighted by molar-refractivity contribution is 0.276. The standard InChI is InChI=1S/C10H17N3S/c11-9-7-12-10(14-9)8-13-5-3-1-2-4-6-13/h7H,1-6,8,11H2. The lowest BCUT2D eigenvalue weighted by atomic mass is 10.2. The fourth-order valence-corrected chi connectivity index (χ4v) is 2.61. The first kappa shape index (κ1) is 9.93. The van der Waals surface area contributed by atoms with Crippen LogP contribution in [0.15, 0.2) is 6.20 Å². The molecule has 0 aromatic carbocycles. The van der Waals surface area contributed by atoms with Crippen molar-refractivity contribution in [2.75, 3.05) is 18.8 Å². The number of rotatable bonds is 2. The molecule has 0 saturated carbocycles. The van der Waals surface area contributed by atoms with E-state index in [1.165, 1.54) is 38.8 Å². The van der Waals surface area contributed by atoms with Gasteiger partial charge in [-0.25, -0.2) is 4.98 Å². The van der Waals surface area contributed by atoms with E-state index in [0.29, 0.717) is 0 Å². The molecule has 4 heteroatoms. The van der Waals surface area contributed by atoms with Gasteiger partial charge in [-0.3, -0.25) is 4.90 Å². The number of hydrogen-bond donors (Lipinski definition) is 1. The topological polar surface area (TPSA) is 42.1 Å². The van der Waals surface area contributed by atoms with Gasteiger partial charge in [0.15, 0.2) is 0 Å². The highest BCUT2D eigenvalue weighted by Gasteiger charge is 2.10. The maximum absolute atomic E-state index is 5.65. The van der Waals surface area contributed by atoms with E-state index >= 15 is 0 Å². The number of nitrogen functional groups attached to an aromatic ring is 1. The van der Waals surface area contributed by atoms with Gasteiger partial charge in [-0.05, 0) is 25.9 Å². The molecule has 0 atom stereocenters. The van der Waals surface area contributed by atoms with Crippen LogP contribution in [0.3, 0.4) is 0 Å². The van der Waals surface area contributed by atoms with Gasteiger partial charge in [0.05, 0.1) is 12.7 Å². The van der Waals surface area contributed by atoms with E-state index in [9.17, 15) is 0 Å². The first-order valence-corrected chi connectivity index (χ1v) is 6.09. The van der Waals surface area contributed by atoms with Crippen molar-refractivity contribution in [3.8, 4) is 0 Å². The number of aromatic nitrogens is 1. The lowest BCUT2D eigenvalue weighted by Crippen LogP contribution is -2.23. The summed E-state index contributed by atoms with van der Waals surface area (Å²) in [4.78, 5) is 6.78. The predicted octanol–water partition coefficient (Wildman–Crippen LogP) is 2.10. The second kappa shape index (κ2) is 4.75. The minimum atomic E-state index is 0.829. The molecule has 1 aromatic rings. The molecule has 3 nitrogen and oxygen atoms in total. The summed E-state index contributed by atoms with van der Waals surface area (Å²) in [5, 5.41) is 1.99. The molecule has 0 amide bonds. The molecule has 2 N–H and O–H groups in total. The average Bonchev–Trinajstić information content (AvgIpc) is 2.43. The first-order chi connectivity index (χ1) is 6.84. The van der Waals surface area contributed by atoms with Gasteiger partial charge in [-0.15, -0.1) is 11.3 Å². The Morgan fingerprint density at radius 1 is 1.29 bits per heavy atom. The van der Waals surface area contributed by atoms with Gasteiger partial charge < -0.3 is 5.73 Å². The smallest absolute Gasteiger partial charge is 0.109 e. The van der Waals surface area contributed by atoms with Gasteiger partial charge in [0, 0.05) is 0 Å². The van der Waals surface area contributed by atoms with Crippen molar-refractivity contribution in [3.05, 3.63) is 11.2 Å². The quantitative estimate of drug-likeness (QED) is 0.814. The molecule has 0 radical (unpaired) electrons. The summed E-state index contributed by atoms with van der Waals surface area (Å²) in [6.07, 6.45) is 7.20. The molecule has 0 spiro atoms. The van der Waals surface area contributed by atoms with Gasteiger partial charge in [-0.2, -0.15) is 0 Å². The highest BCUT2D eigenvalue weighted by Crippen LogP contribution is 2.18. The van der Waals surface area contributed by atoms with Crippen LogP contribution in [0.5, 0.6) is 0 Å². The second-order valence-electron chi connectivity index (χ2n) is 3.85. The van der Waals surface area contributed by atoms with Gasteiger partial charge in [0.2, 0.25) is 0 Å². The van der Waals surface area contributed by atoms with Crippen LogP contribution in [0.4, 0.5) is 5.00 Å². The van der Waals surface area contributed by atoms with Crippen LogP contribution >= 0.6 is 11.3 Å². The van der Waals surface area contributed by atoms with Crippen LogP contribution in [-0.2, 0) is 6.54 Å². The molecular formula is C10H17N3S. The Bertz CT molecular complexity index is 277. The molecule has 2 rings (SSSR count). The van der Waals surface area contributed by atoms with Crippen molar-refractivity contribution < 1.29 is 0 Å². The Hall–Kier alpha value is -0.610. The van der Waals surface area contributed by atoms with Gasteiger partial charge in [-0.1, -0.05) is 12.8 Å². The molecule has 0 bridgehead atoms. The average molecular weight is 211 g/mol. The van der Waals surface area contributed by atoms with E-state index in [1.54, 1.807) is 17.5 Å². The van der Waals surface area contributed by atoms with Crippen molar-refractivity contribution in [3.63, 3.8) is 0 Å². The number of likely N-dealkylation sites (tertiary alicyclic amines) is 1. The number of hydrogen-bond acceptors (Lipinski definition) is 4. The summed E-state index contributed by atoms with van der Waals surface area (Å²) in [5.41, 5.74) is 5.65. The van der Waals surface area contributed by atoms with Crippen LogP contribution in [0, 0.1) is 0 Å². The molecule has 1 aliphatic rings. The minimum Gasteiger partial charge on any atom is -0.389 e. The summed E-state index contributed by atoms with van der Waals surface area (Å²) in [5.74, 6) is 0. The zero-order valence-electron chi connectivity index (χ0n) is 8.41. The molecule has 1 fully saturated rings. The van der Waals surface area contributed by atoms with Crippen molar-refractivity contribution in [2.24, 2.45) is 0 Å². The Balaban J connectivity index is 1.89. The molecule has 14 heavy (non-hydrogen) atoms. The largest absolute Gasteiger partial charge is 0.389 e. The third-order valence-electron chi connectivity index (χ3n) is 2.63. The van der Waals surface area contributed by atoms with E-state index in [-0.39, 0.29) is 0 Å². The van der Waals surface area contributed by atoms with Crippen LogP contribution in [-0.4, -0.2) is 23.0 Å². The fourth-order valence-electron chi connectivity index (χ4n) is 1.88. The maximum atomic E-state index is 5.65. The van der Waals surface area contributed by atoms with E-state index in [4.69, 9.17) is 5.73 Å². The number of nitrogens with two attached hydrogens (primary N) is 1. The first-order valence-electron chi connectivity index (χ1n) is 5.27. The fraction of sp³-hybridized carbons (Fsp3) is 0.700. The Morgan fingerprint density at radius 2 is 2.00 bits per heavy atom. The zero-order chi connectivity index (χ0) is 9.80. The molecule has 1 aromatic heterocycles. The summed E-state index contributed by atoms with van der Waals surface area (Å²) in [6, 6.07) is 0. The Kier molecular flexibility index (Phi) is 3.37. The second-order valence-corrected chi connectivity index (χ2v) is 4.99. The van der Waals surface area contributed by atoms with Crippen molar-refractivity contribution >= 4 is 16.3 Å². The van der Waals surface area contributed by atoms with E-state index in [2.05, 4.69) is 9.88 Å². The van der Waals surface area contributed by atoms with Crippen molar-refractivity contribution in [1.29, 1.82) is 0 Å². The van der Waals surface area contributed by atoms with Gasteiger partial charge >= 0.3 is 0 Å². The SMILES string of the molecule is Nc1cnc(CN2CCCCCC2)s1. The molecule has 2 heterocycles. The van der Waals surface area contributed by atoms with E-state index < -0.39 is 0 Å². The number of anilines is 1. The summed E-state index contributed by atoms with van der Waals surface area (Å²) >= 11 is 1.61. The Morgan fingerprint density at radius 3 is 2.57 bits per heavy atom. The highest BCUT2D eigenvalue weighted by molar-refractivity contribution is 7.15. The summed E-state index contributed by atoms with van der Waals surface area (Å²) < 4.78 is 0. The van der Waals surface area contributed by atoms with Crippen LogP contribution in [0.25, 0.3) is 0 Å². The van der Waals surface area contributed by atoms with Crippen LogP contribution in [0.2, 0.25) is 0 Å². The molecule has 78 valence electrons. The normalized spacial score (nSPS) is 19.4. The third-order valence-corrected chi connectivity index (χ3v) is 3.44. The third kappa shape index (κ3) is 2.69. The summed E-state index contributed by atoms with van der Waals surface area (Å²) in [7, 11) is 0. The summed E-state index contributed by atoms with van der Waals surface area (Å²) in [6.45, 7) is 3.43. The van der Waals surface area contributed by atoms with Crippen molar-refractivity contribution in [1.82, 2.24) is 9.88 Å². The molecule has 0 aliphatic carbocycles. The minimum absolute atomic E-state index is 0.829. The molecule has 1 saturated heterocycles. The van der Waals surface area contributed by atoms with Gasteiger partial charge in [0.1, 0.15) is 10.0 Å². The van der Waals surface area contributed by atoms with E-state index in [1.807, 2.05) is 0 Å². The maximum Gasteiger partial charge on any atom is 0.109 e. The van der Waals surface area contributed by atoms with Crippen LogP contribution < -0.4 is 5.73 Å². The predicted molar refractivity (Wildman–Crippen MR) is 60.3 cm³/mol. The zero-order valence-corrected chi connectivity index (χ0v) is 9.22. The highest BCUT2D eigenvalue weighted by atomic mass is 32.1. The van der Waals surface area contributed by atoms with Crippen LogP contribution in [0.1, 0.15) is 30.7 Å². The number of thiazole rings is 1. The lowest BCUT2D eigenvalue weighted by Gasteiger charge is -2.17. The molecular weight excluding hydrogens is 194 g/mol. The molecule has 0 unspecified atom stereocenters.